The molecular weight excluding hydrogens is 569 g/mol. The van der Waals surface area contributed by atoms with Crippen LogP contribution in [0.3, 0.4) is 0 Å². The van der Waals surface area contributed by atoms with Gasteiger partial charge in [0.25, 0.3) is 5.91 Å². The van der Waals surface area contributed by atoms with Gasteiger partial charge in [-0.2, -0.15) is 18.3 Å². The summed E-state index contributed by atoms with van der Waals surface area (Å²) in [5.41, 5.74) is 7.99. The molecule has 0 aliphatic rings. The Morgan fingerprint density at radius 3 is 2.45 bits per heavy atom. The number of aryl methyl sites for hydroxylation is 2. The SMILES string of the molecule is CN/C(=C\N(NC)c1cc(C(=O)Nc2cc(N(C)CCc3ccccn3)cc(C(F)(F)F)c2)ccc1C)c1cnn(C)c1C. The topological polar surface area (TPSA) is 90.3 Å². The molecule has 2 heterocycles. The van der Waals surface area contributed by atoms with Crippen molar-refractivity contribution in [1.29, 1.82) is 0 Å². The predicted octanol–water partition coefficient (Wildman–Crippen LogP) is 5.54. The van der Waals surface area contributed by atoms with E-state index in [-0.39, 0.29) is 11.3 Å². The second-order valence-electron chi connectivity index (χ2n) is 10.4. The van der Waals surface area contributed by atoms with Gasteiger partial charge in [0, 0.05) is 87.4 Å². The number of pyridine rings is 1. The molecule has 1 amide bonds. The number of nitrogens with one attached hydrogen (secondary N) is 3. The van der Waals surface area contributed by atoms with Crippen molar-refractivity contribution in [2.45, 2.75) is 26.4 Å². The van der Waals surface area contributed by atoms with E-state index in [4.69, 9.17) is 0 Å². The Bertz CT molecular complexity index is 1630. The van der Waals surface area contributed by atoms with Crippen LogP contribution in [-0.2, 0) is 19.6 Å². The minimum absolute atomic E-state index is 0.0431. The van der Waals surface area contributed by atoms with E-state index in [9.17, 15) is 18.0 Å². The van der Waals surface area contributed by atoms with Gasteiger partial charge in [-0.25, -0.2) is 5.43 Å². The van der Waals surface area contributed by atoms with E-state index in [1.807, 2.05) is 52.3 Å². The molecule has 12 heteroatoms. The highest BCUT2D eigenvalue weighted by molar-refractivity contribution is 6.05. The lowest BCUT2D eigenvalue weighted by atomic mass is 10.1. The Labute approximate surface area is 255 Å². The first-order valence-corrected chi connectivity index (χ1v) is 14.0. The fourth-order valence-electron chi connectivity index (χ4n) is 4.65. The quantitative estimate of drug-likeness (QED) is 0.193. The van der Waals surface area contributed by atoms with Crippen LogP contribution in [0.1, 0.15) is 38.4 Å². The molecule has 0 bridgehead atoms. The Balaban J connectivity index is 1.60. The average Bonchev–Trinajstić information content (AvgIpc) is 3.34. The third-order valence-corrected chi connectivity index (χ3v) is 7.40. The van der Waals surface area contributed by atoms with Gasteiger partial charge in [-0.1, -0.05) is 12.1 Å². The van der Waals surface area contributed by atoms with Gasteiger partial charge in [-0.15, -0.1) is 0 Å². The van der Waals surface area contributed by atoms with Crippen LogP contribution in [0.2, 0.25) is 0 Å². The Morgan fingerprint density at radius 1 is 1.07 bits per heavy atom. The van der Waals surface area contributed by atoms with Crippen LogP contribution < -0.4 is 26.0 Å². The Morgan fingerprint density at radius 2 is 1.84 bits per heavy atom. The summed E-state index contributed by atoms with van der Waals surface area (Å²) in [5.74, 6) is -0.537. The number of halogens is 3. The lowest BCUT2D eigenvalue weighted by molar-refractivity contribution is -0.137. The largest absolute Gasteiger partial charge is 0.416 e. The van der Waals surface area contributed by atoms with E-state index < -0.39 is 17.6 Å². The summed E-state index contributed by atoms with van der Waals surface area (Å²) in [7, 11) is 7.13. The zero-order valence-electron chi connectivity index (χ0n) is 25.6. The minimum atomic E-state index is -4.59. The van der Waals surface area contributed by atoms with Crippen molar-refractivity contribution in [1.82, 2.24) is 25.5 Å². The third-order valence-electron chi connectivity index (χ3n) is 7.40. The second-order valence-corrected chi connectivity index (χ2v) is 10.4. The van der Waals surface area contributed by atoms with Crippen LogP contribution in [0.15, 0.2) is 73.2 Å². The molecule has 9 nitrogen and oxygen atoms in total. The predicted molar refractivity (Wildman–Crippen MR) is 168 cm³/mol. The number of alkyl halides is 3. The van der Waals surface area contributed by atoms with Gasteiger partial charge in [-0.05, 0) is 61.9 Å². The molecule has 4 aromatic rings. The van der Waals surface area contributed by atoms with Gasteiger partial charge in [-0.3, -0.25) is 19.5 Å². The van der Waals surface area contributed by atoms with Crippen LogP contribution >= 0.6 is 0 Å². The molecule has 2 aromatic heterocycles. The molecule has 0 radical (unpaired) electrons. The fourth-order valence-corrected chi connectivity index (χ4v) is 4.65. The smallest absolute Gasteiger partial charge is 0.386 e. The lowest BCUT2D eigenvalue weighted by Gasteiger charge is -2.24. The van der Waals surface area contributed by atoms with E-state index in [2.05, 4.69) is 26.1 Å². The molecule has 0 aliphatic carbocycles. The highest BCUT2D eigenvalue weighted by Gasteiger charge is 2.32. The van der Waals surface area contributed by atoms with Gasteiger partial charge in [0.2, 0.25) is 0 Å². The first kappa shape index (κ1) is 32.1. The van der Waals surface area contributed by atoms with E-state index in [0.717, 1.165) is 40.3 Å². The van der Waals surface area contributed by atoms with Crippen molar-refractivity contribution >= 4 is 28.7 Å². The molecule has 0 unspecified atom stereocenters. The van der Waals surface area contributed by atoms with Crippen LogP contribution in [0.4, 0.5) is 30.2 Å². The molecule has 232 valence electrons. The number of benzene rings is 2. The molecule has 0 aliphatic heterocycles. The maximum atomic E-state index is 13.9. The van der Waals surface area contributed by atoms with Crippen LogP contribution in [0, 0.1) is 13.8 Å². The zero-order valence-corrected chi connectivity index (χ0v) is 25.6. The Kier molecular flexibility index (Phi) is 9.94. The molecule has 0 saturated carbocycles. The number of carbonyl (C=O) groups excluding carboxylic acids is 1. The number of hydrogen-bond acceptors (Lipinski definition) is 7. The second kappa shape index (κ2) is 13.6. The minimum Gasteiger partial charge on any atom is -0.386 e. The monoisotopic (exact) mass is 606 g/mol. The number of rotatable bonds is 11. The third kappa shape index (κ3) is 7.56. The summed E-state index contributed by atoms with van der Waals surface area (Å²) in [6.45, 7) is 4.31. The molecule has 2 aromatic carbocycles. The summed E-state index contributed by atoms with van der Waals surface area (Å²) >= 11 is 0. The summed E-state index contributed by atoms with van der Waals surface area (Å²) in [5, 5.41) is 12.0. The molecule has 0 fully saturated rings. The standard InChI is InChI=1S/C32H37F3N8O/c1-21-10-11-23(15-30(21)43(37-4)20-29(36-3)28-19-39-42(6)22(28)2)31(44)40-26-16-24(32(33,34)35)17-27(18-26)41(5)14-12-25-9-7-8-13-38-25/h7-11,13,15-20,36-37H,12,14H2,1-6H3,(H,40,44)/b29-20-. The molecule has 0 saturated heterocycles. The van der Waals surface area contributed by atoms with E-state index in [0.29, 0.717) is 24.3 Å². The highest BCUT2D eigenvalue weighted by atomic mass is 19.4. The number of anilines is 3. The van der Waals surface area contributed by atoms with Crippen molar-refractivity contribution in [3.63, 3.8) is 0 Å². The number of nitrogens with zero attached hydrogens (tertiary/aromatic N) is 5. The van der Waals surface area contributed by atoms with Crippen molar-refractivity contribution in [3.05, 3.63) is 107 Å². The van der Waals surface area contributed by atoms with Crippen molar-refractivity contribution in [2.24, 2.45) is 7.05 Å². The summed E-state index contributed by atoms with van der Waals surface area (Å²) in [6, 6.07) is 14.2. The van der Waals surface area contributed by atoms with Crippen molar-refractivity contribution in [2.75, 3.05) is 42.9 Å². The first-order chi connectivity index (χ1) is 20.9. The van der Waals surface area contributed by atoms with Gasteiger partial charge in [0.05, 0.1) is 23.1 Å². The zero-order chi connectivity index (χ0) is 32.0. The fraction of sp³-hybridized carbons (Fsp3) is 0.281. The number of aromatic nitrogens is 3. The lowest BCUT2D eigenvalue weighted by Crippen LogP contribution is -2.32. The average molecular weight is 607 g/mol. The number of amides is 1. The Hall–Kier alpha value is -4.84. The maximum absolute atomic E-state index is 13.9. The number of carbonyl (C=O) groups is 1. The van der Waals surface area contributed by atoms with Gasteiger partial charge < -0.3 is 15.5 Å². The molecule has 4 rings (SSSR count). The normalized spacial score (nSPS) is 11.8. The summed E-state index contributed by atoms with van der Waals surface area (Å²) in [4.78, 5) is 19.4. The number of hydrogen-bond donors (Lipinski definition) is 3. The van der Waals surface area contributed by atoms with Gasteiger partial charge in [0.15, 0.2) is 0 Å². The molecule has 0 spiro atoms. The van der Waals surface area contributed by atoms with Gasteiger partial charge in [0.1, 0.15) is 0 Å². The van der Waals surface area contributed by atoms with E-state index in [1.165, 1.54) is 0 Å². The summed E-state index contributed by atoms with van der Waals surface area (Å²) < 4.78 is 43.4. The first-order valence-electron chi connectivity index (χ1n) is 14.0. The van der Waals surface area contributed by atoms with Crippen LogP contribution in [0.25, 0.3) is 5.70 Å². The number of likely N-dealkylation sites (N-methyl/N-ethyl adjacent to an activating group) is 1. The molecule has 0 atom stereocenters. The van der Waals surface area contributed by atoms with Crippen LogP contribution in [-0.4, -0.2) is 48.4 Å². The summed E-state index contributed by atoms with van der Waals surface area (Å²) in [6.07, 6.45) is 1.26. The molecular formula is C32H37F3N8O. The molecule has 44 heavy (non-hydrogen) atoms. The highest BCUT2D eigenvalue weighted by Crippen LogP contribution is 2.35. The number of hydrazine groups is 1. The molecule has 3 N–H and O–H groups in total. The van der Waals surface area contributed by atoms with Gasteiger partial charge >= 0.3 is 6.18 Å². The van der Waals surface area contributed by atoms with E-state index >= 15 is 0 Å². The van der Waals surface area contributed by atoms with Crippen LogP contribution in [0.5, 0.6) is 0 Å². The van der Waals surface area contributed by atoms with Crippen molar-refractivity contribution in [3.8, 4) is 0 Å². The van der Waals surface area contributed by atoms with E-state index in [1.54, 1.807) is 65.3 Å². The van der Waals surface area contributed by atoms with Crippen molar-refractivity contribution < 1.29 is 18.0 Å². The maximum Gasteiger partial charge on any atom is 0.416 e.